The Bertz CT molecular complexity index is 734. The average Bonchev–Trinajstić information content (AvgIpc) is 3.07. The number of carbonyl (C=O) groups is 2. The molecule has 6 nitrogen and oxygen atoms in total. The molecule has 0 spiro atoms. The standard InChI is InChI=1S/C19H23N3O3/c1-2-25-19(24)16-13-20-22(15-11-7-4-8-12-15)17(16)21-18(23)14-9-5-3-6-10-14/h4,7-8,11-14H,2-3,5-6,9-10H2,1H3,(H,21,23). The third-order valence-electron chi connectivity index (χ3n) is 4.48. The second-order valence-corrected chi connectivity index (χ2v) is 6.20. The van der Waals surface area contributed by atoms with Gasteiger partial charge in [0.05, 0.1) is 18.5 Å². The number of esters is 1. The van der Waals surface area contributed by atoms with Gasteiger partial charge in [0, 0.05) is 5.92 Å². The molecule has 1 aliphatic carbocycles. The molecule has 1 amide bonds. The first-order valence-electron chi connectivity index (χ1n) is 8.82. The summed E-state index contributed by atoms with van der Waals surface area (Å²) in [5.41, 5.74) is 1.05. The highest BCUT2D eigenvalue weighted by molar-refractivity contribution is 6.01. The van der Waals surface area contributed by atoms with Gasteiger partial charge in [-0.05, 0) is 31.9 Å². The number of aromatic nitrogens is 2. The van der Waals surface area contributed by atoms with Crippen molar-refractivity contribution < 1.29 is 14.3 Å². The third-order valence-corrected chi connectivity index (χ3v) is 4.48. The number of anilines is 1. The second-order valence-electron chi connectivity index (χ2n) is 6.20. The van der Waals surface area contributed by atoms with E-state index in [2.05, 4.69) is 10.4 Å². The van der Waals surface area contributed by atoms with Crippen LogP contribution < -0.4 is 5.32 Å². The predicted octanol–water partition coefficient (Wildman–Crippen LogP) is 3.57. The zero-order chi connectivity index (χ0) is 17.6. The molecule has 2 aromatic rings. The van der Waals surface area contributed by atoms with Crippen LogP contribution in [0.4, 0.5) is 5.82 Å². The van der Waals surface area contributed by atoms with Crippen LogP contribution in [0, 0.1) is 5.92 Å². The number of para-hydroxylation sites is 1. The summed E-state index contributed by atoms with van der Waals surface area (Å²) in [6, 6.07) is 9.41. The summed E-state index contributed by atoms with van der Waals surface area (Å²) in [7, 11) is 0. The Labute approximate surface area is 147 Å². The van der Waals surface area contributed by atoms with Gasteiger partial charge in [-0.25, -0.2) is 9.48 Å². The van der Waals surface area contributed by atoms with E-state index in [1.165, 1.54) is 12.6 Å². The molecule has 1 aromatic carbocycles. The van der Waals surface area contributed by atoms with Crippen molar-refractivity contribution in [1.82, 2.24) is 9.78 Å². The van der Waals surface area contributed by atoms with E-state index in [9.17, 15) is 9.59 Å². The van der Waals surface area contributed by atoms with E-state index in [0.29, 0.717) is 5.82 Å². The van der Waals surface area contributed by atoms with Crippen LogP contribution >= 0.6 is 0 Å². The lowest BCUT2D eigenvalue weighted by Crippen LogP contribution is -2.27. The highest BCUT2D eigenvalue weighted by Crippen LogP contribution is 2.27. The fourth-order valence-electron chi connectivity index (χ4n) is 3.18. The molecule has 0 bridgehead atoms. The van der Waals surface area contributed by atoms with Crippen molar-refractivity contribution in [3.63, 3.8) is 0 Å². The van der Waals surface area contributed by atoms with Crippen LogP contribution in [-0.4, -0.2) is 28.3 Å². The normalized spacial score (nSPS) is 14.9. The van der Waals surface area contributed by atoms with Crippen LogP contribution in [0.2, 0.25) is 0 Å². The van der Waals surface area contributed by atoms with Crippen molar-refractivity contribution in [3.05, 3.63) is 42.1 Å². The van der Waals surface area contributed by atoms with E-state index in [0.717, 1.165) is 31.4 Å². The average molecular weight is 341 g/mol. The topological polar surface area (TPSA) is 73.2 Å². The van der Waals surface area contributed by atoms with Crippen molar-refractivity contribution in [2.24, 2.45) is 5.92 Å². The lowest BCUT2D eigenvalue weighted by molar-refractivity contribution is -0.120. The van der Waals surface area contributed by atoms with Gasteiger partial charge >= 0.3 is 5.97 Å². The van der Waals surface area contributed by atoms with Gasteiger partial charge in [-0.2, -0.15) is 5.10 Å². The summed E-state index contributed by atoms with van der Waals surface area (Å²) in [5.74, 6) is -0.172. The molecule has 6 heteroatoms. The number of hydrogen-bond acceptors (Lipinski definition) is 4. The molecule has 1 heterocycles. The van der Waals surface area contributed by atoms with Gasteiger partial charge in [0.2, 0.25) is 5.91 Å². The van der Waals surface area contributed by atoms with Crippen LogP contribution in [0.25, 0.3) is 5.69 Å². The Balaban J connectivity index is 1.92. The molecule has 3 rings (SSSR count). The lowest BCUT2D eigenvalue weighted by atomic mass is 9.88. The van der Waals surface area contributed by atoms with E-state index in [4.69, 9.17) is 4.74 Å². The van der Waals surface area contributed by atoms with E-state index in [-0.39, 0.29) is 24.0 Å². The van der Waals surface area contributed by atoms with Crippen molar-refractivity contribution >= 4 is 17.7 Å². The van der Waals surface area contributed by atoms with E-state index in [1.54, 1.807) is 11.6 Å². The number of hydrogen-bond donors (Lipinski definition) is 1. The molecule has 1 fully saturated rings. The zero-order valence-corrected chi connectivity index (χ0v) is 14.4. The number of rotatable bonds is 5. The van der Waals surface area contributed by atoms with E-state index >= 15 is 0 Å². The summed E-state index contributed by atoms with van der Waals surface area (Å²) in [6.45, 7) is 2.02. The summed E-state index contributed by atoms with van der Waals surface area (Å²) in [4.78, 5) is 24.9. The summed E-state index contributed by atoms with van der Waals surface area (Å²) in [6.07, 6.45) is 6.54. The number of amides is 1. The smallest absolute Gasteiger partial charge is 0.343 e. The number of nitrogens with one attached hydrogen (secondary N) is 1. The maximum atomic E-state index is 12.7. The van der Waals surface area contributed by atoms with Gasteiger partial charge in [0.25, 0.3) is 0 Å². The maximum absolute atomic E-state index is 12.7. The first-order valence-corrected chi connectivity index (χ1v) is 8.82. The fourth-order valence-corrected chi connectivity index (χ4v) is 3.18. The first kappa shape index (κ1) is 17.2. The third kappa shape index (κ3) is 3.90. The van der Waals surface area contributed by atoms with Crippen molar-refractivity contribution in [3.8, 4) is 5.69 Å². The van der Waals surface area contributed by atoms with Gasteiger partial charge in [-0.1, -0.05) is 37.5 Å². The van der Waals surface area contributed by atoms with Crippen molar-refractivity contribution in [1.29, 1.82) is 0 Å². The molecule has 0 unspecified atom stereocenters. The van der Waals surface area contributed by atoms with E-state index in [1.807, 2.05) is 30.3 Å². The van der Waals surface area contributed by atoms with Gasteiger partial charge in [-0.3, -0.25) is 4.79 Å². The number of benzene rings is 1. The largest absolute Gasteiger partial charge is 0.462 e. The van der Waals surface area contributed by atoms with Crippen LogP contribution in [0.15, 0.2) is 36.5 Å². The number of carbonyl (C=O) groups excluding carboxylic acids is 2. The van der Waals surface area contributed by atoms with Gasteiger partial charge < -0.3 is 10.1 Å². The molecular weight excluding hydrogens is 318 g/mol. The van der Waals surface area contributed by atoms with Crippen LogP contribution in [0.3, 0.4) is 0 Å². The molecule has 1 aliphatic rings. The molecule has 0 saturated heterocycles. The highest BCUT2D eigenvalue weighted by Gasteiger charge is 2.26. The Morgan fingerprint density at radius 1 is 1.20 bits per heavy atom. The maximum Gasteiger partial charge on any atom is 0.343 e. The Morgan fingerprint density at radius 3 is 2.60 bits per heavy atom. The minimum Gasteiger partial charge on any atom is -0.462 e. The number of nitrogens with zero attached hydrogens (tertiary/aromatic N) is 2. The minimum absolute atomic E-state index is 0.0112. The van der Waals surface area contributed by atoms with Crippen molar-refractivity contribution in [2.75, 3.05) is 11.9 Å². The Morgan fingerprint density at radius 2 is 1.92 bits per heavy atom. The zero-order valence-electron chi connectivity index (χ0n) is 14.4. The molecule has 1 saturated carbocycles. The van der Waals surface area contributed by atoms with Gasteiger partial charge in [0.1, 0.15) is 5.56 Å². The van der Waals surface area contributed by atoms with Crippen LogP contribution in [-0.2, 0) is 9.53 Å². The molecule has 132 valence electrons. The Hall–Kier alpha value is -2.63. The highest BCUT2D eigenvalue weighted by atomic mass is 16.5. The predicted molar refractivity (Wildman–Crippen MR) is 94.7 cm³/mol. The lowest BCUT2D eigenvalue weighted by Gasteiger charge is -2.21. The number of ether oxygens (including phenoxy) is 1. The molecule has 1 N–H and O–H groups in total. The molecule has 0 atom stereocenters. The molecule has 25 heavy (non-hydrogen) atoms. The van der Waals surface area contributed by atoms with Crippen LogP contribution in [0.1, 0.15) is 49.4 Å². The summed E-state index contributed by atoms with van der Waals surface area (Å²) >= 11 is 0. The quantitative estimate of drug-likeness (QED) is 0.844. The molecule has 0 radical (unpaired) electrons. The second kappa shape index (κ2) is 7.96. The summed E-state index contributed by atoms with van der Waals surface area (Å²) in [5, 5.41) is 7.22. The van der Waals surface area contributed by atoms with Gasteiger partial charge in [0.15, 0.2) is 5.82 Å². The Kier molecular flexibility index (Phi) is 5.48. The first-order chi connectivity index (χ1) is 12.2. The van der Waals surface area contributed by atoms with E-state index < -0.39 is 5.97 Å². The SMILES string of the molecule is CCOC(=O)c1cnn(-c2ccccc2)c1NC(=O)C1CCCCC1. The monoisotopic (exact) mass is 341 g/mol. The van der Waals surface area contributed by atoms with Crippen LogP contribution in [0.5, 0.6) is 0 Å². The molecule has 1 aromatic heterocycles. The fraction of sp³-hybridized carbons (Fsp3) is 0.421. The van der Waals surface area contributed by atoms with Gasteiger partial charge in [-0.15, -0.1) is 0 Å². The summed E-state index contributed by atoms with van der Waals surface area (Å²) < 4.78 is 6.68. The minimum atomic E-state index is -0.483. The molecule has 0 aliphatic heterocycles. The molecular formula is C19H23N3O3. The van der Waals surface area contributed by atoms with Crippen molar-refractivity contribution in [2.45, 2.75) is 39.0 Å².